The van der Waals surface area contributed by atoms with Gasteiger partial charge in [-0.25, -0.2) is 13.6 Å². The summed E-state index contributed by atoms with van der Waals surface area (Å²) >= 11 is 0. The summed E-state index contributed by atoms with van der Waals surface area (Å²) in [6.07, 6.45) is 3.37. The lowest BCUT2D eigenvalue weighted by atomic mass is 10.1. The maximum absolute atomic E-state index is 13.9. The van der Waals surface area contributed by atoms with Crippen molar-refractivity contribution in [1.29, 1.82) is 0 Å². The Balaban J connectivity index is 1.55. The third kappa shape index (κ3) is 3.26. The van der Waals surface area contributed by atoms with Crippen molar-refractivity contribution in [1.82, 2.24) is 20.1 Å². The Morgan fingerprint density at radius 1 is 1.21 bits per heavy atom. The van der Waals surface area contributed by atoms with E-state index < -0.39 is 11.6 Å². The fourth-order valence-corrected chi connectivity index (χ4v) is 3.15. The Labute approximate surface area is 159 Å². The molecule has 0 radical (unpaired) electrons. The Kier molecular flexibility index (Phi) is 4.64. The maximum atomic E-state index is 13.9. The van der Waals surface area contributed by atoms with Crippen LogP contribution < -0.4 is 9.64 Å². The number of rotatable bonds is 5. The summed E-state index contributed by atoms with van der Waals surface area (Å²) < 4.78 is 32.3. The highest BCUT2D eigenvalue weighted by Crippen LogP contribution is 2.31. The number of methoxy groups -OCH3 is 1. The SMILES string of the molecule is COc1nc(N2CCN(Cc3ccc(F)cc3F)C2=O)ccc1-c1cn[nH]c1. The molecule has 2 aromatic heterocycles. The van der Waals surface area contributed by atoms with Gasteiger partial charge in [-0.2, -0.15) is 10.1 Å². The number of carbonyl (C=O) groups is 1. The van der Waals surface area contributed by atoms with Crippen LogP contribution in [0.1, 0.15) is 5.56 Å². The van der Waals surface area contributed by atoms with Crippen molar-refractivity contribution in [2.75, 3.05) is 25.1 Å². The third-order valence-corrected chi connectivity index (χ3v) is 4.60. The number of H-pyrrole nitrogens is 1. The molecule has 3 heterocycles. The van der Waals surface area contributed by atoms with Gasteiger partial charge in [0.05, 0.1) is 19.9 Å². The standard InChI is InChI=1S/C19H17F2N5O2/c1-28-18-15(13-9-22-23-10-13)4-5-17(24-18)26-7-6-25(19(26)27)11-12-2-3-14(20)8-16(12)21/h2-5,8-10H,6-7,11H2,1H3,(H,22,23). The highest BCUT2D eigenvalue weighted by Gasteiger charge is 2.31. The van der Waals surface area contributed by atoms with Gasteiger partial charge in [0.2, 0.25) is 5.88 Å². The topological polar surface area (TPSA) is 74.3 Å². The lowest BCUT2D eigenvalue weighted by Gasteiger charge is -2.19. The monoisotopic (exact) mass is 385 g/mol. The first-order valence-electron chi connectivity index (χ1n) is 8.61. The van der Waals surface area contributed by atoms with Gasteiger partial charge in [-0.3, -0.25) is 10.00 Å². The fourth-order valence-electron chi connectivity index (χ4n) is 3.15. The molecule has 2 amide bonds. The van der Waals surface area contributed by atoms with E-state index in [1.807, 2.05) is 6.07 Å². The number of urea groups is 1. The number of aromatic nitrogens is 3. The second-order valence-corrected chi connectivity index (χ2v) is 6.30. The molecule has 0 unspecified atom stereocenters. The number of halogens is 2. The Morgan fingerprint density at radius 3 is 2.79 bits per heavy atom. The number of nitrogens with zero attached hydrogens (tertiary/aromatic N) is 4. The van der Waals surface area contributed by atoms with Crippen LogP contribution in [0.2, 0.25) is 0 Å². The number of pyridine rings is 1. The Hall–Kier alpha value is -3.49. The normalized spacial score (nSPS) is 14.0. The molecule has 144 valence electrons. The summed E-state index contributed by atoms with van der Waals surface area (Å²) in [6.45, 7) is 0.873. The van der Waals surface area contributed by atoms with Crippen molar-refractivity contribution in [2.45, 2.75) is 6.54 Å². The molecule has 28 heavy (non-hydrogen) atoms. The van der Waals surface area contributed by atoms with Crippen LogP contribution in [-0.4, -0.2) is 46.3 Å². The van der Waals surface area contributed by atoms with E-state index in [2.05, 4.69) is 15.2 Å². The number of ether oxygens (including phenoxy) is 1. The highest BCUT2D eigenvalue weighted by molar-refractivity contribution is 5.93. The molecule has 3 aromatic rings. The number of aromatic amines is 1. The van der Waals surface area contributed by atoms with E-state index in [0.717, 1.165) is 17.2 Å². The summed E-state index contributed by atoms with van der Waals surface area (Å²) in [5, 5.41) is 6.65. The van der Waals surface area contributed by atoms with Gasteiger partial charge in [0.25, 0.3) is 0 Å². The first-order chi connectivity index (χ1) is 13.6. The second-order valence-electron chi connectivity index (χ2n) is 6.30. The van der Waals surface area contributed by atoms with E-state index in [9.17, 15) is 13.6 Å². The number of hydrogen-bond donors (Lipinski definition) is 1. The molecular formula is C19H17F2N5O2. The molecule has 0 spiro atoms. The second kappa shape index (κ2) is 7.26. The van der Waals surface area contributed by atoms with E-state index in [1.165, 1.54) is 29.0 Å². The van der Waals surface area contributed by atoms with E-state index in [1.54, 1.807) is 18.5 Å². The van der Waals surface area contributed by atoms with Crippen LogP contribution in [0.25, 0.3) is 11.1 Å². The maximum Gasteiger partial charge on any atom is 0.326 e. The van der Waals surface area contributed by atoms with Gasteiger partial charge < -0.3 is 9.64 Å². The molecule has 1 N–H and O–H groups in total. The molecule has 1 saturated heterocycles. The van der Waals surface area contributed by atoms with Crippen molar-refractivity contribution in [3.8, 4) is 17.0 Å². The Morgan fingerprint density at radius 2 is 2.07 bits per heavy atom. The summed E-state index contributed by atoms with van der Waals surface area (Å²) in [7, 11) is 1.51. The lowest BCUT2D eigenvalue weighted by Crippen LogP contribution is -2.32. The predicted molar refractivity (Wildman–Crippen MR) is 97.9 cm³/mol. The molecule has 0 bridgehead atoms. The van der Waals surface area contributed by atoms with Gasteiger partial charge in [-0.1, -0.05) is 6.07 Å². The van der Waals surface area contributed by atoms with Crippen molar-refractivity contribution in [3.63, 3.8) is 0 Å². The van der Waals surface area contributed by atoms with Gasteiger partial charge in [0.1, 0.15) is 17.5 Å². The number of anilines is 1. The largest absolute Gasteiger partial charge is 0.480 e. The van der Waals surface area contributed by atoms with E-state index in [0.29, 0.717) is 24.8 Å². The average molecular weight is 385 g/mol. The minimum absolute atomic E-state index is 0.0612. The first kappa shape index (κ1) is 17.9. The van der Waals surface area contributed by atoms with E-state index >= 15 is 0 Å². The van der Waals surface area contributed by atoms with Gasteiger partial charge >= 0.3 is 6.03 Å². The smallest absolute Gasteiger partial charge is 0.326 e. The van der Waals surface area contributed by atoms with Crippen LogP contribution in [0.4, 0.5) is 19.4 Å². The van der Waals surface area contributed by atoms with Crippen LogP contribution in [0.5, 0.6) is 5.88 Å². The molecular weight excluding hydrogens is 368 g/mol. The van der Waals surface area contributed by atoms with Crippen LogP contribution >= 0.6 is 0 Å². The fraction of sp³-hybridized carbons (Fsp3) is 0.211. The number of nitrogens with one attached hydrogen (secondary N) is 1. The number of hydrogen-bond acceptors (Lipinski definition) is 4. The van der Waals surface area contributed by atoms with Crippen LogP contribution in [0.3, 0.4) is 0 Å². The van der Waals surface area contributed by atoms with Gasteiger partial charge in [0.15, 0.2) is 0 Å². The minimum atomic E-state index is -0.671. The summed E-state index contributed by atoms with van der Waals surface area (Å²) in [6, 6.07) is 6.58. The lowest BCUT2D eigenvalue weighted by molar-refractivity contribution is 0.218. The summed E-state index contributed by atoms with van der Waals surface area (Å²) in [5.74, 6) is -0.508. The quantitative estimate of drug-likeness (QED) is 0.732. The zero-order valence-corrected chi connectivity index (χ0v) is 15.0. The van der Waals surface area contributed by atoms with E-state index in [-0.39, 0.29) is 18.1 Å². The molecule has 4 rings (SSSR count). The number of amides is 2. The number of benzene rings is 1. The average Bonchev–Trinajstić information content (AvgIpc) is 3.34. The molecule has 1 aromatic carbocycles. The molecule has 9 heteroatoms. The highest BCUT2D eigenvalue weighted by atomic mass is 19.1. The van der Waals surface area contributed by atoms with E-state index in [4.69, 9.17) is 4.74 Å². The van der Waals surface area contributed by atoms with Crippen molar-refractivity contribution < 1.29 is 18.3 Å². The number of carbonyl (C=O) groups excluding carboxylic acids is 1. The van der Waals surface area contributed by atoms with Gasteiger partial charge in [0, 0.05) is 42.0 Å². The predicted octanol–water partition coefficient (Wildman–Crippen LogP) is 3.20. The van der Waals surface area contributed by atoms with Crippen LogP contribution in [0, 0.1) is 11.6 Å². The van der Waals surface area contributed by atoms with Crippen molar-refractivity contribution in [2.24, 2.45) is 0 Å². The molecule has 0 aliphatic carbocycles. The van der Waals surface area contributed by atoms with Gasteiger partial charge in [-0.15, -0.1) is 0 Å². The molecule has 7 nitrogen and oxygen atoms in total. The molecule has 1 fully saturated rings. The third-order valence-electron chi connectivity index (χ3n) is 4.60. The molecule has 1 aliphatic heterocycles. The van der Waals surface area contributed by atoms with Crippen molar-refractivity contribution in [3.05, 3.63) is 59.9 Å². The zero-order valence-electron chi connectivity index (χ0n) is 15.0. The molecule has 1 aliphatic rings. The van der Waals surface area contributed by atoms with Crippen molar-refractivity contribution >= 4 is 11.8 Å². The molecule has 0 atom stereocenters. The van der Waals surface area contributed by atoms with Crippen LogP contribution in [-0.2, 0) is 6.54 Å². The van der Waals surface area contributed by atoms with Gasteiger partial charge in [-0.05, 0) is 18.2 Å². The zero-order chi connectivity index (χ0) is 19.7. The Bertz CT molecular complexity index is 1010. The summed E-state index contributed by atoms with van der Waals surface area (Å²) in [5.41, 5.74) is 1.83. The summed E-state index contributed by atoms with van der Waals surface area (Å²) in [4.78, 5) is 20.2. The minimum Gasteiger partial charge on any atom is -0.480 e. The van der Waals surface area contributed by atoms with Crippen LogP contribution in [0.15, 0.2) is 42.7 Å². The molecule has 0 saturated carbocycles. The first-order valence-corrected chi connectivity index (χ1v) is 8.61.